The van der Waals surface area contributed by atoms with Gasteiger partial charge < -0.3 is 21.1 Å². The number of benzene rings is 1. The van der Waals surface area contributed by atoms with Gasteiger partial charge in [0.1, 0.15) is 0 Å². The number of nitrogens with two attached hydrogens (primary N) is 1. The molecule has 0 atom stereocenters. The highest BCUT2D eigenvalue weighted by molar-refractivity contribution is 5.95. The van der Waals surface area contributed by atoms with E-state index in [2.05, 4.69) is 5.32 Å². The zero-order chi connectivity index (χ0) is 15.2. The van der Waals surface area contributed by atoms with Crippen LogP contribution >= 0.6 is 0 Å². The van der Waals surface area contributed by atoms with Gasteiger partial charge in [-0.2, -0.15) is 0 Å². The normalized spacial score (nSPS) is 14.8. The van der Waals surface area contributed by atoms with Crippen molar-refractivity contribution in [2.45, 2.75) is 25.7 Å². The van der Waals surface area contributed by atoms with Gasteiger partial charge in [-0.05, 0) is 37.5 Å². The summed E-state index contributed by atoms with van der Waals surface area (Å²) in [5.41, 5.74) is 6.77. The number of piperidine rings is 1. The summed E-state index contributed by atoms with van der Waals surface area (Å²) in [5.74, 6) is -0.900. The Morgan fingerprint density at radius 1 is 1.24 bits per heavy atom. The summed E-state index contributed by atoms with van der Waals surface area (Å²) in [6.07, 6.45) is 3.68. The molecule has 114 valence electrons. The van der Waals surface area contributed by atoms with Crippen molar-refractivity contribution in [3.05, 3.63) is 23.8 Å². The van der Waals surface area contributed by atoms with E-state index in [1.165, 1.54) is 12.5 Å². The van der Waals surface area contributed by atoms with E-state index in [1.807, 2.05) is 4.90 Å². The number of rotatable bonds is 5. The highest BCUT2D eigenvalue weighted by Gasteiger charge is 2.16. The molecule has 1 amide bonds. The molecule has 4 N–H and O–H groups in total. The van der Waals surface area contributed by atoms with Gasteiger partial charge in [0.05, 0.1) is 11.3 Å². The van der Waals surface area contributed by atoms with E-state index in [9.17, 15) is 9.59 Å². The molecule has 6 nitrogen and oxygen atoms in total. The van der Waals surface area contributed by atoms with Gasteiger partial charge in [0.25, 0.3) is 0 Å². The SMILES string of the molecule is Nc1ccc(C(=O)O)c(NCCC(=O)N2CCCCC2)c1. The molecule has 6 heteroatoms. The first-order chi connectivity index (χ1) is 10.1. The monoisotopic (exact) mass is 291 g/mol. The predicted octanol–water partition coefficient (Wildman–Crippen LogP) is 1.78. The molecule has 1 aliphatic heterocycles. The highest BCUT2D eigenvalue weighted by atomic mass is 16.4. The number of carboxylic acids is 1. The van der Waals surface area contributed by atoms with Gasteiger partial charge in [0.2, 0.25) is 5.91 Å². The van der Waals surface area contributed by atoms with Crippen LogP contribution in [0.3, 0.4) is 0 Å². The first-order valence-electron chi connectivity index (χ1n) is 7.22. The number of carboxylic acid groups (broad SMARTS) is 1. The fraction of sp³-hybridized carbons (Fsp3) is 0.467. The van der Waals surface area contributed by atoms with Gasteiger partial charge in [0, 0.05) is 31.7 Å². The number of carbonyl (C=O) groups excluding carboxylic acids is 1. The molecule has 0 saturated carbocycles. The average molecular weight is 291 g/mol. The summed E-state index contributed by atoms with van der Waals surface area (Å²) in [5, 5.41) is 12.1. The van der Waals surface area contributed by atoms with Crippen molar-refractivity contribution in [1.29, 1.82) is 0 Å². The molecule has 2 rings (SSSR count). The Labute approximate surface area is 123 Å². The van der Waals surface area contributed by atoms with Crippen LogP contribution in [-0.2, 0) is 4.79 Å². The Morgan fingerprint density at radius 3 is 2.62 bits per heavy atom. The maximum absolute atomic E-state index is 12.0. The molecule has 0 spiro atoms. The summed E-state index contributed by atoms with van der Waals surface area (Å²) in [7, 11) is 0. The van der Waals surface area contributed by atoms with E-state index >= 15 is 0 Å². The van der Waals surface area contributed by atoms with Crippen LogP contribution in [0.15, 0.2) is 18.2 Å². The summed E-state index contributed by atoms with van der Waals surface area (Å²) < 4.78 is 0. The number of hydrogen-bond acceptors (Lipinski definition) is 4. The smallest absolute Gasteiger partial charge is 0.337 e. The lowest BCUT2D eigenvalue weighted by molar-refractivity contribution is -0.131. The Hall–Kier alpha value is -2.24. The van der Waals surface area contributed by atoms with Crippen LogP contribution in [0.4, 0.5) is 11.4 Å². The average Bonchev–Trinajstić information content (AvgIpc) is 2.48. The molecular formula is C15H21N3O3. The standard InChI is InChI=1S/C15H21N3O3/c16-11-4-5-12(15(20)21)13(10-11)17-7-6-14(19)18-8-2-1-3-9-18/h4-5,10,17H,1-3,6-9,16H2,(H,20,21). The number of nitrogens with zero attached hydrogens (tertiary/aromatic N) is 1. The van der Waals surface area contributed by atoms with E-state index in [-0.39, 0.29) is 11.5 Å². The quantitative estimate of drug-likeness (QED) is 0.719. The molecule has 0 aromatic heterocycles. The Kier molecular flexibility index (Phi) is 5.03. The number of carbonyl (C=O) groups is 2. The Balaban J connectivity index is 1.89. The minimum Gasteiger partial charge on any atom is -0.478 e. The highest BCUT2D eigenvalue weighted by Crippen LogP contribution is 2.19. The third-order valence-corrected chi connectivity index (χ3v) is 3.64. The minimum absolute atomic E-state index is 0.114. The number of amides is 1. The second-order valence-electron chi connectivity index (χ2n) is 5.23. The predicted molar refractivity (Wildman–Crippen MR) is 81.4 cm³/mol. The third kappa shape index (κ3) is 4.11. The van der Waals surface area contributed by atoms with Gasteiger partial charge in [0.15, 0.2) is 0 Å². The summed E-state index contributed by atoms with van der Waals surface area (Å²) >= 11 is 0. The zero-order valence-corrected chi connectivity index (χ0v) is 12.0. The second-order valence-corrected chi connectivity index (χ2v) is 5.23. The molecule has 1 fully saturated rings. The fourth-order valence-corrected chi connectivity index (χ4v) is 2.50. The van der Waals surface area contributed by atoms with E-state index in [0.717, 1.165) is 25.9 Å². The first-order valence-corrected chi connectivity index (χ1v) is 7.22. The lowest BCUT2D eigenvalue weighted by Crippen LogP contribution is -2.36. The van der Waals surface area contributed by atoms with E-state index in [0.29, 0.717) is 24.3 Å². The number of nitrogens with one attached hydrogen (secondary N) is 1. The largest absolute Gasteiger partial charge is 0.478 e. The van der Waals surface area contributed by atoms with Crippen LogP contribution in [0.1, 0.15) is 36.0 Å². The molecular weight excluding hydrogens is 270 g/mol. The lowest BCUT2D eigenvalue weighted by Gasteiger charge is -2.26. The van der Waals surface area contributed by atoms with Crippen LogP contribution in [0.25, 0.3) is 0 Å². The fourth-order valence-electron chi connectivity index (χ4n) is 2.50. The van der Waals surface area contributed by atoms with Crippen molar-refractivity contribution in [2.24, 2.45) is 0 Å². The molecule has 0 bridgehead atoms. The Morgan fingerprint density at radius 2 is 1.95 bits per heavy atom. The van der Waals surface area contributed by atoms with Gasteiger partial charge in [-0.15, -0.1) is 0 Å². The molecule has 0 unspecified atom stereocenters. The lowest BCUT2D eigenvalue weighted by atomic mass is 10.1. The van der Waals surface area contributed by atoms with E-state index < -0.39 is 5.97 Å². The van der Waals surface area contributed by atoms with Crippen molar-refractivity contribution in [2.75, 3.05) is 30.7 Å². The van der Waals surface area contributed by atoms with Gasteiger partial charge in [-0.25, -0.2) is 4.79 Å². The first kappa shape index (κ1) is 15.2. The molecule has 1 aromatic carbocycles. The van der Waals surface area contributed by atoms with Crippen LogP contribution in [0, 0.1) is 0 Å². The molecule has 1 aliphatic rings. The van der Waals surface area contributed by atoms with Crippen molar-refractivity contribution in [3.8, 4) is 0 Å². The minimum atomic E-state index is -1.01. The van der Waals surface area contributed by atoms with Crippen LogP contribution in [-0.4, -0.2) is 41.5 Å². The molecule has 0 aliphatic carbocycles. The van der Waals surface area contributed by atoms with Gasteiger partial charge >= 0.3 is 5.97 Å². The maximum atomic E-state index is 12.0. The van der Waals surface area contributed by atoms with Crippen molar-refractivity contribution < 1.29 is 14.7 Å². The van der Waals surface area contributed by atoms with Gasteiger partial charge in [-0.3, -0.25) is 4.79 Å². The van der Waals surface area contributed by atoms with Crippen LogP contribution < -0.4 is 11.1 Å². The van der Waals surface area contributed by atoms with Crippen molar-refractivity contribution >= 4 is 23.3 Å². The van der Waals surface area contributed by atoms with Gasteiger partial charge in [-0.1, -0.05) is 0 Å². The summed E-state index contributed by atoms with van der Waals surface area (Å²) in [4.78, 5) is 25.0. The number of hydrogen-bond donors (Lipinski definition) is 3. The van der Waals surface area contributed by atoms with E-state index in [1.54, 1.807) is 12.1 Å². The summed E-state index contributed by atoms with van der Waals surface area (Å²) in [6.45, 7) is 2.06. The van der Waals surface area contributed by atoms with Crippen LogP contribution in [0.5, 0.6) is 0 Å². The number of aromatic carboxylic acids is 1. The molecule has 1 saturated heterocycles. The maximum Gasteiger partial charge on any atom is 0.337 e. The molecule has 1 aromatic rings. The second kappa shape index (κ2) is 6.97. The van der Waals surface area contributed by atoms with Crippen molar-refractivity contribution in [3.63, 3.8) is 0 Å². The molecule has 21 heavy (non-hydrogen) atoms. The summed E-state index contributed by atoms with van der Waals surface area (Å²) in [6, 6.07) is 4.59. The van der Waals surface area contributed by atoms with Crippen LogP contribution in [0.2, 0.25) is 0 Å². The van der Waals surface area contributed by atoms with Crippen molar-refractivity contribution in [1.82, 2.24) is 4.90 Å². The Bertz CT molecular complexity index is 525. The topological polar surface area (TPSA) is 95.7 Å². The zero-order valence-electron chi connectivity index (χ0n) is 12.0. The number of anilines is 2. The van der Waals surface area contributed by atoms with E-state index in [4.69, 9.17) is 10.8 Å². The molecule has 1 heterocycles. The molecule has 0 radical (unpaired) electrons. The number of likely N-dealkylation sites (tertiary alicyclic amines) is 1. The third-order valence-electron chi connectivity index (χ3n) is 3.64. The number of nitrogen functional groups attached to an aromatic ring is 1.